The van der Waals surface area contributed by atoms with Crippen molar-refractivity contribution in [1.29, 1.82) is 0 Å². The van der Waals surface area contributed by atoms with Gasteiger partial charge in [0.2, 0.25) is 0 Å². The van der Waals surface area contributed by atoms with Crippen LogP contribution in [-0.4, -0.2) is 23.5 Å². The molecule has 6 heteroatoms. The third-order valence-electron chi connectivity index (χ3n) is 3.64. The Bertz CT molecular complexity index is 998. The second kappa shape index (κ2) is 6.49. The number of fused-ring (bicyclic) bond motifs is 1. The smallest absolute Gasteiger partial charge is 0.337 e. The summed E-state index contributed by atoms with van der Waals surface area (Å²) in [5.74, 6) is 0.197. The van der Waals surface area contributed by atoms with E-state index < -0.39 is 15.7 Å². The highest BCUT2D eigenvalue weighted by Gasteiger charge is 2.10. The number of furan rings is 1. The van der Waals surface area contributed by atoms with Crippen LogP contribution in [0.25, 0.3) is 11.0 Å². The van der Waals surface area contributed by atoms with Gasteiger partial charge in [0.25, 0.3) is 0 Å². The van der Waals surface area contributed by atoms with E-state index in [4.69, 9.17) is 9.15 Å². The summed E-state index contributed by atoms with van der Waals surface area (Å²) >= 11 is 0. The van der Waals surface area contributed by atoms with Gasteiger partial charge in [-0.25, -0.2) is 13.4 Å². The molecular formula is C18H17NO4S. The first-order valence-electron chi connectivity index (χ1n) is 7.33. The van der Waals surface area contributed by atoms with E-state index >= 15 is 0 Å². The number of esters is 1. The first kappa shape index (κ1) is 16.3. The van der Waals surface area contributed by atoms with E-state index in [1.807, 2.05) is 18.2 Å². The molecule has 0 saturated heterocycles. The molecule has 1 unspecified atom stereocenters. The van der Waals surface area contributed by atoms with Gasteiger partial charge in [-0.05, 0) is 36.4 Å². The summed E-state index contributed by atoms with van der Waals surface area (Å²) in [5.41, 5.74) is 1.10. The zero-order valence-corrected chi connectivity index (χ0v) is 14.2. The fraction of sp³-hybridized carbons (Fsp3) is 0.167. The Balaban J connectivity index is 1.89. The van der Waals surface area contributed by atoms with E-state index in [-0.39, 0.29) is 6.54 Å². The Labute approximate surface area is 140 Å². The number of nitrogens with zero attached hydrogens (tertiary/aromatic N) is 1. The Morgan fingerprint density at radius 2 is 1.92 bits per heavy atom. The van der Waals surface area contributed by atoms with E-state index in [0.29, 0.717) is 21.8 Å². The molecule has 0 fully saturated rings. The molecule has 24 heavy (non-hydrogen) atoms. The van der Waals surface area contributed by atoms with Crippen LogP contribution in [0.1, 0.15) is 16.1 Å². The summed E-state index contributed by atoms with van der Waals surface area (Å²) in [4.78, 5) is 12.3. The van der Waals surface area contributed by atoms with Crippen LogP contribution in [0.15, 0.2) is 68.3 Å². The van der Waals surface area contributed by atoms with Crippen LogP contribution < -0.4 is 0 Å². The van der Waals surface area contributed by atoms with Gasteiger partial charge in [0.15, 0.2) is 0 Å². The molecule has 1 atom stereocenters. The average molecular weight is 343 g/mol. The zero-order chi connectivity index (χ0) is 17.2. The highest BCUT2D eigenvalue weighted by atomic mass is 32.2. The minimum Gasteiger partial charge on any atom is -0.465 e. The van der Waals surface area contributed by atoms with E-state index in [1.54, 1.807) is 42.7 Å². The molecule has 0 bridgehead atoms. The summed E-state index contributed by atoms with van der Waals surface area (Å²) in [6.07, 6.45) is 1.61. The minimum absolute atomic E-state index is 0.201. The largest absolute Gasteiger partial charge is 0.465 e. The van der Waals surface area contributed by atoms with Gasteiger partial charge in [0.05, 0.1) is 22.4 Å². The van der Waals surface area contributed by atoms with Gasteiger partial charge in [0.1, 0.15) is 17.9 Å². The van der Waals surface area contributed by atoms with Crippen LogP contribution in [0.5, 0.6) is 0 Å². The molecule has 2 aromatic carbocycles. The van der Waals surface area contributed by atoms with Crippen molar-refractivity contribution in [2.24, 2.45) is 4.36 Å². The molecular weight excluding hydrogens is 326 g/mol. The van der Waals surface area contributed by atoms with Crippen LogP contribution in [0.4, 0.5) is 0 Å². The maximum absolute atomic E-state index is 12.7. The third kappa shape index (κ3) is 3.33. The van der Waals surface area contributed by atoms with Gasteiger partial charge in [-0.1, -0.05) is 18.2 Å². The summed E-state index contributed by atoms with van der Waals surface area (Å²) in [6.45, 7) is 0.201. The van der Waals surface area contributed by atoms with Crippen LogP contribution in [-0.2, 0) is 21.0 Å². The number of ether oxygens (including phenoxy) is 1. The highest BCUT2D eigenvalue weighted by molar-refractivity contribution is 7.93. The molecule has 3 rings (SSSR count). The number of carbonyl (C=O) groups is 1. The van der Waals surface area contributed by atoms with Crippen LogP contribution in [0.3, 0.4) is 0 Å². The van der Waals surface area contributed by atoms with Crippen LogP contribution in [0.2, 0.25) is 0 Å². The van der Waals surface area contributed by atoms with E-state index in [1.165, 1.54) is 7.11 Å². The number of hydrogen-bond acceptors (Lipinski definition) is 5. The lowest BCUT2D eigenvalue weighted by molar-refractivity contribution is 0.0601. The number of rotatable bonds is 4. The van der Waals surface area contributed by atoms with Gasteiger partial charge in [-0.3, -0.25) is 0 Å². The molecule has 0 saturated carbocycles. The number of carbonyl (C=O) groups excluding carboxylic acids is 1. The summed E-state index contributed by atoms with van der Waals surface area (Å²) < 4.78 is 27.4. The van der Waals surface area contributed by atoms with Crippen molar-refractivity contribution >= 4 is 26.7 Å². The summed E-state index contributed by atoms with van der Waals surface area (Å²) in [5, 5.41) is 0.783. The van der Waals surface area contributed by atoms with E-state index in [9.17, 15) is 9.00 Å². The van der Waals surface area contributed by atoms with E-state index in [0.717, 1.165) is 5.39 Å². The molecule has 3 aromatic rings. The highest BCUT2D eigenvalue weighted by Crippen LogP contribution is 2.22. The lowest BCUT2D eigenvalue weighted by Crippen LogP contribution is -1.99. The van der Waals surface area contributed by atoms with Crippen LogP contribution in [0, 0.1) is 0 Å². The van der Waals surface area contributed by atoms with E-state index in [2.05, 4.69) is 4.36 Å². The maximum atomic E-state index is 12.7. The predicted molar refractivity (Wildman–Crippen MR) is 92.5 cm³/mol. The Morgan fingerprint density at radius 1 is 1.17 bits per heavy atom. The van der Waals surface area contributed by atoms with Crippen molar-refractivity contribution in [3.8, 4) is 0 Å². The Morgan fingerprint density at radius 3 is 2.62 bits per heavy atom. The normalized spacial score (nSPS) is 13.4. The fourth-order valence-corrected chi connectivity index (χ4v) is 3.54. The number of benzene rings is 2. The summed E-state index contributed by atoms with van der Waals surface area (Å²) in [7, 11) is -1.14. The topological polar surface area (TPSA) is 68.9 Å². The summed E-state index contributed by atoms with van der Waals surface area (Å²) in [6, 6.07) is 16.0. The van der Waals surface area contributed by atoms with Crippen molar-refractivity contribution in [3.63, 3.8) is 0 Å². The molecule has 0 spiro atoms. The van der Waals surface area contributed by atoms with Crippen molar-refractivity contribution in [3.05, 3.63) is 65.9 Å². The molecule has 0 aliphatic heterocycles. The van der Waals surface area contributed by atoms with Gasteiger partial charge in [0, 0.05) is 16.5 Å². The second-order valence-corrected chi connectivity index (χ2v) is 7.69. The quantitative estimate of drug-likeness (QED) is 0.674. The number of hydrogen-bond donors (Lipinski definition) is 0. The molecule has 1 aromatic heterocycles. The molecule has 0 aliphatic carbocycles. The molecule has 0 aliphatic rings. The van der Waals surface area contributed by atoms with Gasteiger partial charge in [-0.15, -0.1) is 0 Å². The molecule has 1 heterocycles. The SMILES string of the molecule is COC(=O)c1ccc2oc(CN=S(C)(=O)c3ccccc3)cc2c1. The van der Waals surface area contributed by atoms with Crippen molar-refractivity contribution in [2.75, 3.05) is 13.4 Å². The predicted octanol–water partition coefficient (Wildman–Crippen LogP) is 3.88. The minimum atomic E-state index is -2.48. The molecule has 0 radical (unpaired) electrons. The maximum Gasteiger partial charge on any atom is 0.337 e. The molecule has 124 valence electrons. The monoisotopic (exact) mass is 343 g/mol. The van der Waals surface area contributed by atoms with Crippen molar-refractivity contribution in [2.45, 2.75) is 11.4 Å². The van der Waals surface area contributed by atoms with Gasteiger partial charge < -0.3 is 9.15 Å². The molecule has 0 N–H and O–H groups in total. The van der Waals surface area contributed by atoms with Crippen molar-refractivity contribution in [1.82, 2.24) is 0 Å². The first-order valence-corrected chi connectivity index (χ1v) is 9.26. The Kier molecular flexibility index (Phi) is 4.40. The lowest BCUT2D eigenvalue weighted by Gasteiger charge is -2.03. The second-order valence-electron chi connectivity index (χ2n) is 5.36. The van der Waals surface area contributed by atoms with Gasteiger partial charge >= 0.3 is 5.97 Å². The Hall–Kier alpha value is -2.60. The fourth-order valence-electron chi connectivity index (χ4n) is 2.36. The average Bonchev–Trinajstić information content (AvgIpc) is 3.02. The standard InChI is InChI=1S/C18H17NO4S/c1-22-18(20)13-8-9-17-14(10-13)11-15(23-17)12-19-24(2,21)16-6-4-3-5-7-16/h3-11H,12H2,1-2H3. The molecule has 5 nitrogen and oxygen atoms in total. The van der Waals surface area contributed by atoms with Crippen molar-refractivity contribution < 1.29 is 18.2 Å². The zero-order valence-electron chi connectivity index (χ0n) is 13.4. The van der Waals surface area contributed by atoms with Crippen LogP contribution >= 0.6 is 0 Å². The lowest BCUT2D eigenvalue weighted by atomic mass is 10.1. The number of methoxy groups -OCH3 is 1. The third-order valence-corrected chi connectivity index (χ3v) is 5.40. The van der Waals surface area contributed by atoms with Gasteiger partial charge in [-0.2, -0.15) is 0 Å². The first-order chi connectivity index (χ1) is 11.5. The molecule has 0 amide bonds.